The van der Waals surface area contributed by atoms with Crippen LogP contribution >= 0.6 is 11.3 Å². The molecule has 35 heavy (non-hydrogen) atoms. The number of methoxy groups -OCH3 is 1. The second-order valence-electron chi connectivity index (χ2n) is 7.59. The third kappa shape index (κ3) is 4.90. The molecule has 3 heterocycles. The van der Waals surface area contributed by atoms with Gasteiger partial charge in [-0.2, -0.15) is 0 Å². The summed E-state index contributed by atoms with van der Waals surface area (Å²) in [5.41, 5.74) is -0.383. The number of hydrogen-bond acceptors (Lipinski definition) is 8. The maximum Gasteiger partial charge on any atom is 0.374 e. The Balaban J connectivity index is 1.59. The van der Waals surface area contributed by atoms with E-state index in [0.29, 0.717) is 10.6 Å². The number of thiophene rings is 1. The van der Waals surface area contributed by atoms with Crippen LogP contribution in [0, 0.1) is 0 Å². The van der Waals surface area contributed by atoms with Gasteiger partial charge < -0.3 is 19.2 Å². The average Bonchev–Trinajstić information content (AvgIpc) is 3.51. The molecule has 10 nitrogen and oxygen atoms in total. The zero-order chi connectivity index (χ0) is 25.1. The number of hydrogen-bond donors (Lipinski definition) is 2. The van der Waals surface area contributed by atoms with Crippen molar-refractivity contribution in [1.82, 2.24) is 14.9 Å². The van der Waals surface area contributed by atoms with Crippen LogP contribution in [0.5, 0.6) is 5.75 Å². The minimum Gasteiger partial charge on any atom is -0.497 e. The summed E-state index contributed by atoms with van der Waals surface area (Å²) in [4.78, 5) is 53.7. The Morgan fingerprint density at radius 1 is 1.20 bits per heavy atom. The minimum absolute atomic E-state index is 0.0233. The van der Waals surface area contributed by atoms with Gasteiger partial charge in [0, 0.05) is 6.54 Å². The summed E-state index contributed by atoms with van der Waals surface area (Å²) >= 11 is 1.02. The van der Waals surface area contributed by atoms with Crippen molar-refractivity contribution in [2.45, 2.75) is 26.4 Å². The molecule has 0 aliphatic rings. The molecule has 182 valence electrons. The third-order valence-electron chi connectivity index (χ3n) is 5.33. The summed E-state index contributed by atoms with van der Waals surface area (Å²) in [6.45, 7) is 3.73. The van der Waals surface area contributed by atoms with Crippen molar-refractivity contribution < 1.29 is 23.5 Å². The standard InChI is InChI=1S/C24H23N3O7S/c1-4-33-23(30)18-9-8-17(34-18)13(2)27-22(29)16-11-19(35-21(16)26-24(27)31)20(28)25-12-14-6-5-7-15(10-14)32-3/h5-11,13H,4,12H2,1-3H3,(H,25,28)(H,26,31). The number of nitrogens with zero attached hydrogens (tertiary/aromatic N) is 1. The monoisotopic (exact) mass is 497 g/mol. The van der Waals surface area contributed by atoms with Gasteiger partial charge in [0.15, 0.2) is 0 Å². The lowest BCUT2D eigenvalue weighted by atomic mass is 10.2. The zero-order valence-electron chi connectivity index (χ0n) is 19.2. The van der Waals surface area contributed by atoms with E-state index in [1.807, 2.05) is 18.2 Å². The molecule has 0 radical (unpaired) electrons. The molecule has 1 amide bonds. The highest BCUT2D eigenvalue weighted by Gasteiger charge is 2.22. The molecule has 4 rings (SSSR count). The highest BCUT2D eigenvalue weighted by atomic mass is 32.1. The van der Waals surface area contributed by atoms with Gasteiger partial charge in [0.2, 0.25) is 5.76 Å². The van der Waals surface area contributed by atoms with Crippen LogP contribution in [0.4, 0.5) is 0 Å². The predicted molar refractivity (Wildman–Crippen MR) is 129 cm³/mol. The van der Waals surface area contributed by atoms with E-state index < -0.39 is 23.3 Å². The summed E-state index contributed by atoms with van der Waals surface area (Å²) in [6.07, 6.45) is 0. The maximum atomic E-state index is 13.2. The highest BCUT2D eigenvalue weighted by molar-refractivity contribution is 7.20. The molecule has 4 aromatic rings. The Hall–Kier alpha value is -4.12. The molecule has 11 heteroatoms. The van der Waals surface area contributed by atoms with Crippen LogP contribution in [0.2, 0.25) is 0 Å². The third-order valence-corrected chi connectivity index (χ3v) is 6.38. The number of benzene rings is 1. The first-order valence-corrected chi connectivity index (χ1v) is 11.6. The number of aromatic nitrogens is 2. The fourth-order valence-corrected chi connectivity index (χ4v) is 4.51. The number of carbonyl (C=O) groups excluding carboxylic acids is 2. The number of aromatic amines is 1. The van der Waals surface area contributed by atoms with Crippen molar-refractivity contribution in [3.63, 3.8) is 0 Å². The number of furan rings is 1. The largest absolute Gasteiger partial charge is 0.497 e. The lowest BCUT2D eigenvalue weighted by Crippen LogP contribution is -2.37. The van der Waals surface area contributed by atoms with Crippen LogP contribution in [-0.4, -0.2) is 35.1 Å². The summed E-state index contributed by atoms with van der Waals surface area (Å²) < 4.78 is 16.6. The average molecular weight is 498 g/mol. The quantitative estimate of drug-likeness (QED) is 0.358. The van der Waals surface area contributed by atoms with E-state index in [9.17, 15) is 19.2 Å². The number of nitrogens with one attached hydrogen (secondary N) is 2. The lowest BCUT2D eigenvalue weighted by molar-refractivity contribution is 0.0487. The minimum atomic E-state index is -0.802. The van der Waals surface area contributed by atoms with Gasteiger partial charge in [-0.1, -0.05) is 12.1 Å². The van der Waals surface area contributed by atoms with E-state index in [0.717, 1.165) is 21.5 Å². The number of carbonyl (C=O) groups is 2. The zero-order valence-corrected chi connectivity index (χ0v) is 20.1. The van der Waals surface area contributed by atoms with Crippen LogP contribution in [0.1, 0.15) is 51.4 Å². The molecule has 1 aromatic carbocycles. The van der Waals surface area contributed by atoms with Crippen LogP contribution in [0.15, 0.2) is 56.5 Å². The molecule has 0 spiro atoms. The molecule has 3 aromatic heterocycles. The summed E-state index contributed by atoms with van der Waals surface area (Å²) in [5, 5.41) is 3.00. The molecule has 0 saturated carbocycles. The molecule has 0 fully saturated rings. The van der Waals surface area contributed by atoms with Gasteiger partial charge in [-0.15, -0.1) is 11.3 Å². The maximum absolute atomic E-state index is 13.2. The van der Waals surface area contributed by atoms with Gasteiger partial charge in [0.05, 0.1) is 30.0 Å². The molecule has 0 aliphatic heterocycles. The molecule has 1 atom stereocenters. The number of amides is 1. The SMILES string of the molecule is CCOC(=O)c1ccc(C(C)n2c(=O)[nH]c3sc(C(=O)NCc4cccc(OC)c4)cc3c2=O)o1. The molecule has 0 aliphatic carbocycles. The topological polar surface area (TPSA) is 133 Å². The van der Waals surface area contributed by atoms with Gasteiger partial charge in [-0.25, -0.2) is 14.2 Å². The molecule has 2 N–H and O–H groups in total. The number of rotatable bonds is 8. The van der Waals surface area contributed by atoms with Crippen molar-refractivity contribution in [2.24, 2.45) is 0 Å². The highest BCUT2D eigenvalue weighted by Crippen LogP contribution is 2.23. The van der Waals surface area contributed by atoms with Crippen molar-refractivity contribution >= 4 is 33.4 Å². The number of ether oxygens (including phenoxy) is 2. The normalized spacial score (nSPS) is 11.9. The fraction of sp³-hybridized carbons (Fsp3) is 0.250. The molecule has 0 bridgehead atoms. The summed E-state index contributed by atoms with van der Waals surface area (Å²) in [5.74, 6) is -0.114. The molecular formula is C24H23N3O7S. The van der Waals surface area contributed by atoms with Gasteiger partial charge in [0.25, 0.3) is 11.5 Å². The van der Waals surface area contributed by atoms with Crippen molar-refractivity contribution in [3.05, 3.63) is 85.3 Å². The first kappa shape index (κ1) is 24.0. The summed E-state index contributed by atoms with van der Waals surface area (Å²) in [6, 6.07) is 10.9. The number of esters is 1. The number of H-pyrrole nitrogens is 1. The van der Waals surface area contributed by atoms with Crippen LogP contribution in [0.25, 0.3) is 10.2 Å². The van der Waals surface area contributed by atoms with Crippen molar-refractivity contribution in [3.8, 4) is 5.75 Å². The molecule has 1 unspecified atom stereocenters. The lowest BCUT2D eigenvalue weighted by Gasteiger charge is -2.11. The smallest absolute Gasteiger partial charge is 0.374 e. The summed E-state index contributed by atoms with van der Waals surface area (Å²) in [7, 11) is 1.56. The Morgan fingerprint density at radius 2 is 2.00 bits per heavy atom. The van der Waals surface area contributed by atoms with E-state index in [4.69, 9.17) is 13.9 Å². The van der Waals surface area contributed by atoms with Gasteiger partial charge in [0.1, 0.15) is 16.3 Å². The Morgan fingerprint density at radius 3 is 2.74 bits per heavy atom. The van der Waals surface area contributed by atoms with Crippen LogP contribution < -0.4 is 21.3 Å². The van der Waals surface area contributed by atoms with E-state index in [2.05, 4.69) is 10.3 Å². The molecule has 0 saturated heterocycles. The Kier molecular flexibility index (Phi) is 6.87. The van der Waals surface area contributed by atoms with E-state index in [1.54, 1.807) is 27.0 Å². The van der Waals surface area contributed by atoms with Gasteiger partial charge >= 0.3 is 11.7 Å². The van der Waals surface area contributed by atoms with Crippen molar-refractivity contribution in [1.29, 1.82) is 0 Å². The fourth-order valence-electron chi connectivity index (χ4n) is 3.55. The number of fused-ring (bicyclic) bond motifs is 1. The first-order valence-electron chi connectivity index (χ1n) is 10.8. The predicted octanol–water partition coefficient (Wildman–Crippen LogP) is 3.07. The Labute approximate surface area is 203 Å². The first-order chi connectivity index (χ1) is 16.8. The van der Waals surface area contributed by atoms with E-state index in [-0.39, 0.29) is 40.8 Å². The van der Waals surface area contributed by atoms with Crippen LogP contribution in [-0.2, 0) is 11.3 Å². The van der Waals surface area contributed by atoms with Gasteiger partial charge in [-0.3, -0.25) is 14.6 Å². The second kappa shape index (κ2) is 10.0. The Bertz CT molecular complexity index is 1510. The van der Waals surface area contributed by atoms with E-state index in [1.165, 1.54) is 18.2 Å². The molecular weight excluding hydrogens is 474 g/mol. The van der Waals surface area contributed by atoms with E-state index >= 15 is 0 Å². The second-order valence-corrected chi connectivity index (χ2v) is 8.64. The van der Waals surface area contributed by atoms with Crippen LogP contribution in [0.3, 0.4) is 0 Å². The van der Waals surface area contributed by atoms with Crippen molar-refractivity contribution in [2.75, 3.05) is 13.7 Å². The van der Waals surface area contributed by atoms with Gasteiger partial charge in [-0.05, 0) is 49.7 Å².